The molecule has 2 N–H and O–H groups in total. The molecule has 0 radical (unpaired) electrons. The molecule has 0 aromatic rings. The predicted molar refractivity (Wildman–Crippen MR) is 73.6 cm³/mol. The molecule has 0 aromatic heterocycles. The van der Waals surface area contributed by atoms with E-state index in [0.29, 0.717) is 6.04 Å². The Kier molecular flexibility index (Phi) is 4.22. The number of piperidine rings is 1. The molecule has 0 aromatic carbocycles. The molecular formula is C15H28N2O. The first-order valence-electron chi connectivity index (χ1n) is 7.98. The quantitative estimate of drug-likeness (QED) is 0.800. The fraction of sp³-hybridized carbons (Fsp3) is 1.00. The van der Waals surface area contributed by atoms with Crippen LogP contribution in [0.3, 0.4) is 0 Å². The summed E-state index contributed by atoms with van der Waals surface area (Å²) in [6.07, 6.45) is 10.1. The molecule has 1 aliphatic heterocycles. The van der Waals surface area contributed by atoms with Crippen LogP contribution in [0.25, 0.3) is 0 Å². The van der Waals surface area contributed by atoms with Crippen LogP contribution in [0.15, 0.2) is 0 Å². The van der Waals surface area contributed by atoms with Gasteiger partial charge in [0, 0.05) is 12.1 Å². The van der Waals surface area contributed by atoms with Crippen molar-refractivity contribution in [2.24, 2.45) is 5.92 Å². The van der Waals surface area contributed by atoms with Gasteiger partial charge in [-0.2, -0.15) is 0 Å². The summed E-state index contributed by atoms with van der Waals surface area (Å²) in [6, 6.07) is 1.32. The topological polar surface area (TPSA) is 35.5 Å². The maximum absolute atomic E-state index is 10.1. The van der Waals surface area contributed by atoms with Crippen LogP contribution in [0.4, 0.5) is 0 Å². The van der Waals surface area contributed by atoms with Crippen molar-refractivity contribution in [3.05, 3.63) is 0 Å². The normalized spacial score (nSPS) is 35.8. The highest BCUT2D eigenvalue weighted by molar-refractivity contribution is 4.87. The number of rotatable bonds is 4. The van der Waals surface area contributed by atoms with Gasteiger partial charge in [-0.05, 0) is 64.1 Å². The molecule has 1 heterocycles. The fourth-order valence-corrected chi connectivity index (χ4v) is 3.63. The summed E-state index contributed by atoms with van der Waals surface area (Å²) in [5.74, 6) is 0.877. The van der Waals surface area contributed by atoms with Crippen LogP contribution in [-0.2, 0) is 0 Å². The number of aliphatic hydroxyl groups is 1. The second kappa shape index (κ2) is 5.89. The van der Waals surface area contributed by atoms with Gasteiger partial charge in [-0.3, -0.25) is 4.90 Å². The molecule has 0 amide bonds. The summed E-state index contributed by atoms with van der Waals surface area (Å²) in [5, 5.41) is 13.8. The highest BCUT2D eigenvalue weighted by Gasteiger charge is 2.31. The molecule has 2 unspecified atom stereocenters. The van der Waals surface area contributed by atoms with Crippen molar-refractivity contribution in [1.29, 1.82) is 0 Å². The summed E-state index contributed by atoms with van der Waals surface area (Å²) < 4.78 is 0. The van der Waals surface area contributed by atoms with E-state index >= 15 is 0 Å². The zero-order chi connectivity index (χ0) is 12.4. The third kappa shape index (κ3) is 3.25. The van der Waals surface area contributed by atoms with Gasteiger partial charge >= 0.3 is 0 Å². The number of hydrogen-bond donors (Lipinski definition) is 2. The van der Waals surface area contributed by atoms with Crippen LogP contribution in [0, 0.1) is 5.92 Å². The average molecular weight is 252 g/mol. The Morgan fingerprint density at radius 1 is 0.944 bits per heavy atom. The molecule has 3 aliphatic rings. The molecule has 18 heavy (non-hydrogen) atoms. The summed E-state index contributed by atoms with van der Waals surface area (Å²) in [6.45, 7) is 3.64. The lowest BCUT2D eigenvalue weighted by Gasteiger charge is -2.41. The number of nitrogens with one attached hydrogen (secondary N) is 1. The van der Waals surface area contributed by atoms with Gasteiger partial charge in [0.1, 0.15) is 0 Å². The van der Waals surface area contributed by atoms with Crippen LogP contribution < -0.4 is 5.32 Å². The van der Waals surface area contributed by atoms with Gasteiger partial charge in [-0.15, -0.1) is 0 Å². The molecule has 3 fully saturated rings. The molecular weight excluding hydrogens is 224 g/mol. The first kappa shape index (κ1) is 12.9. The van der Waals surface area contributed by atoms with Crippen molar-refractivity contribution in [3.63, 3.8) is 0 Å². The summed E-state index contributed by atoms with van der Waals surface area (Å²) >= 11 is 0. The first-order valence-corrected chi connectivity index (χ1v) is 7.98. The Morgan fingerprint density at radius 2 is 1.67 bits per heavy atom. The van der Waals surface area contributed by atoms with E-state index in [-0.39, 0.29) is 6.10 Å². The van der Waals surface area contributed by atoms with Crippen molar-refractivity contribution < 1.29 is 5.11 Å². The minimum atomic E-state index is -0.0557. The van der Waals surface area contributed by atoms with Crippen LogP contribution in [0.1, 0.15) is 51.4 Å². The van der Waals surface area contributed by atoms with Gasteiger partial charge in [0.2, 0.25) is 0 Å². The van der Waals surface area contributed by atoms with E-state index < -0.39 is 0 Å². The van der Waals surface area contributed by atoms with Gasteiger partial charge in [0.25, 0.3) is 0 Å². The van der Waals surface area contributed by atoms with E-state index in [2.05, 4.69) is 10.2 Å². The molecule has 104 valence electrons. The fourth-order valence-electron chi connectivity index (χ4n) is 3.63. The van der Waals surface area contributed by atoms with E-state index in [0.717, 1.165) is 18.4 Å². The Hall–Kier alpha value is -0.120. The van der Waals surface area contributed by atoms with Crippen LogP contribution in [0.5, 0.6) is 0 Å². The summed E-state index contributed by atoms with van der Waals surface area (Å²) in [5.41, 5.74) is 0. The van der Waals surface area contributed by atoms with Gasteiger partial charge in [0.15, 0.2) is 0 Å². The molecule has 2 saturated carbocycles. The van der Waals surface area contributed by atoms with Crippen LogP contribution in [-0.4, -0.2) is 47.8 Å². The van der Waals surface area contributed by atoms with Gasteiger partial charge in [0.05, 0.1) is 6.10 Å². The lowest BCUT2D eigenvalue weighted by molar-refractivity contribution is 0.00409. The van der Waals surface area contributed by atoms with Crippen molar-refractivity contribution in [2.75, 3.05) is 19.6 Å². The van der Waals surface area contributed by atoms with Gasteiger partial charge in [-0.1, -0.05) is 12.8 Å². The number of nitrogens with zero attached hydrogens (tertiary/aromatic N) is 1. The van der Waals surface area contributed by atoms with Crippen molar-refractivity contribution >= 4 is 0 Å². The Labute approximate surface area is 111 Å². The van der Waals surface area contributed by atoms with E-state index in [4.69, 9.17) is 0 Å². The molecule has 3 heteroatoms. The largest absolute Gasteiger partial charge is 0.391 e. The third-order valence-electron chi connectivity index (χ3n) is 5.08. The van der Waals surface area contributed by atoms with E-state index in [1.807, 2.05) is 0 Å². The van der Waals surface area contributed by atoms with E-state index in [9.17, 15) is 5.11 Å². The van der Waals surface area contributed by atoms with Crippen LogP contribution >= 0.6 is 0 Å². The Bertz CT molecular complexity index is 259. The number of hydrogen-bond acceptors (Lipinski definition) is 3. The minimum absolute atomic E-state index is 0.0557. The predicted octanol–water partition coefficient (Wildman–Crippen LogP) is 1.75. The molecule has 2 aliphatic carbocycles. The standard InChI is InChI=1S/C15H28N2O/c18-15-4-2-1-3-14(15)17-9-7-12(8-10-17)11-16-13-5-6-13/h12-16,18H,1-11H2. The molecule has 1 saturated heterocycles. The second-order valence-electron chi connectivity index (χ2n) is 6.58. The lowest BCUT2D eigenvalue weighted by atomic mass is 9.88. The number of aliphatic hydroxyl groups excluding tert-OH is 1. The van der Waals surface area contributed by atoms with E-state index in [1.54, 1.807) is 0 Å². The zero-order valence-electron chi connectivity index (χ0n) is 11.5. The maximum Gasteiger partial charge on any atom is 0.0695 e. The third-order valence-corrected chi connectivity index (χ3v) is 5.08. The highest BCUT2D eigenvalue weighted by atomic mass is 16.3. The first-order chi connectivity index (χ1) is 8.83. The maximum atomic E-state index is 10.1. The van der Waals surface area contributed by atoms with Gasteiger partial charge < -0.3 is 10.4 Å². The van der Waals surface area contributed by atoms with Crippen molar-refractivity contribution in [3.8, 4) is 0 Å². The minimum Gasteiger partial charge on any atom is -0.391 e. The van der Waals surface area contributed by atoms with Crippen molar-refractivity contribution in [1.82, 2.24) is 10.2 Å². The van der Waals surface area contributed by atoms with Crippen molar-refractivity contribution in [2.45, 2.75) is 69.6 Å². The lowest BCUT2D eigenvalue weighted by Crippen LogP contribution is -2.49. The highest BCUT2D eigenvalue weighted by Crippen LogP contribution is 2.28. The smallest absolute Gasteiger partial charge is 0.0695 e. The summed E-state index contributed by atoms with van der Waals surface area (Å²) in [4.78, 5) is 2.57. The zero-order valence-corrected chi connectivity index (χ0v) is 11.5. The molecule has 3 rings (SSSR count). The Morgan fingerprint density at radius 3 is 2.33 bits per heavy atom. The van der Waals surface area contributed by atoms with Crippen LogP contribution in [0.2, 0.25) is 0 Å². The SMILES string of the molecule is OC1CCCCC1N1CCC(CNC2CC2)CC1. The molecule has 3 nitrogen and oxygen atoms in total. The van der Waals surface area contributed by atoms with Gasteiger partial charge in [-0.25, -0.2) is 0 Å². The van der Waals surface area contributed by atoms with E-state index in [1.165, 1.54) is 64.6 Å². The monoisotopic (exact) mass is 252 g/mol. The second-order valence-corrected chi connectivity index (χ2v) is 6.58. The molecule has 0 spiro atoms. The molecule has 2 atom stereocenters. The molecule has 0 bridgehead atoms. The Balaban J connectivity index is 1.40. The average Bonchev–Trinajstić information content (AvgIpc) is 3.22. The number of likely N-dealkylation sites (tertiary alicyclic amines) is 1. The summed E-state index contributed by atoms with van der Waals surface area (Å²) in [7, 11) is 0.